The second-order valence-electron chi connectivity index (χ2n) is 7.85. The standard InChI is InChI=1S/C23H23Cl2N5O3/c1-13-8-16(33-30-13)12-27-22(31)21(9-14-11-26-20-5-3-2-4-17(14)20)29-23(32)28-15-6-7-18(24)19(25)10-15/h2-7,10-11,16,21,26H,8-9,12H2,1H3,(H,27,31)(H2,28,29,32). The number of rotatable bonds is 7. The van der Waals surface area contributed by atoms with Crippen molar-refractivity contribution in [2.75, 3.05) is 11.9 Å². The Morgan fingerprint density at radius 2 is 2.03 bits per heavy atom. The number of amides is 3. The van der Waals surface area contributed by atoms with Crippen molar-refractivity contribution in [3.8, 4) is 0 Å². The minimum absolute atomic E-state index is 0.215. The number of H-pyrrole nitrogens is 1. The van der Waals surface area contributed by atoms with Crippen molar-refractivity contribution in [3.05, 3.63) is 64.3 Å². The van der Waals surface area contributed by atoms with E-state index >= 15 is 0 Å². The smallest absolute Gasteiger partial charge is 0.319 e. The van der Waals surface area contributed by atoms with Crippen LogP contribution in [-0.2, 0) is 16.1 Å². The Morgan fingerprint density at radius 3 is 2.79 bits per heavy atom. The molecule has 3 aromatic rings. The van der Waals surface area contributed by atoms with Crippen LogP contribution in [0.1, 0.15) is 18.9 Å². The summed E-state index contributed by atoms with van der Waals surface area (Å²) in [5.41, 5.74) is 3.21. The summed E-state index contributed by atoms with van der Waals surface area (Å²) in [6.45, 7) is 2.16. The first-order valence-electron chi connectivity index (χ1n) is 10.4. The maximum Gasteiger partial charge on any atom is 0.319 e. The third kappa shape index (κ3) is 5.77. The van der Waals surface area contributed by atoms with Crippen LogP contribution in [0.3, 0.4) is 0 Å². The van der Waals surface area contributed by atoms with Gasteiger partial charge in [-0.05, 0) is 36.8 Å². The molecule has 0 bridgehead atoms. The highest BCUT2D eigenvalue weighted by molar-refractivity contribution is 6.42. The third-order valence-corrected chi connectivity index (χ3v) is 6.02. The summed E-state index contributed by atoms with van der Waals surface area (Å²) in [5.74, 6) is -0.322. The third-order valence-electron chi connectivity index (χ3n) is 5.28. The number of hydrogen-bond donors (Lipinski definition) is 4. The number of benzene rings is 2. The molecular formula is C23H23Cl2N5O3. The molecule has 1 aliphatic rings. The first-order chi connectivity index (χ1) is 15.9. The lowest BCUT2D eigenvalue weighted by molar-refractivity contribution is -0.123. The van der Waals surface area contributed by atoms with E-state index in [9.17, 15) is 9.59 Å². The topological polar surface area (TPSA) is 108 Å². The van der Waals surface area contributed by atoms with Gasteiger partial charge in [0, 0.05) is 35.6 Å². The number of anilines is 1. The largest absolute Gasteiger partial charge is 0.390 e. The minimum Gasteiger partial charge on any atom is -0.390 e. The molecule has 2 heterocycles. The summed E-state index contributed by atoms with van der Waals surface area (Å²) in [6, 6.07) is 11.2. The number of halogens is 2. The molecule has 10 heteroatoms. The van der Waals surface area contributed by atoms with Crippen LogP contribution in [0.2, 0.25) is 10.0 Å². The van der Waals surface area contributed by atoms with Crippen LogP contribution in [0.4, 0.5) is 10.5 Å². The number of nitrogens with zero attached hydrogens (tertiary/aromatic N) is 1. The molecule has 0 saturated carbocycles. The van der Waals surface area contributed by atoms with Crippen molar-refractivity contribution in [1.29, 1.82) is 0 Å². The molecule has 8 nitrogen and oxygen atoms in total. The molecule has 2 aromatic carbocycles. The number of para-hydroxylation sites is 1. The fourth-order valence-electron chi connectivity index (χ4n) is 3.64. The molecule has 4 rings (SSSR count). The van der Waals surface area contributed by atoms with Crippen molar-refractivity contribution in [2.45, 2.75) is 31.9 Å². The van der Waals surface area contributed by atoms with Gasteiger partial charge in [-0.3, -0.25) is 4.79 Å². The minimum atomic E-state index is -0.824. The maximum absolute atomic E-state index is 13.0. The molecule has 2 atom stereocenters. The molecule has 0 radical (unpaired) electrons. The van der Waals surface area contributed by atoms with E-state index in [1.165, 1.54) is 6.07 Å². The Hall–Kier alpha value is -3.23. The molecule has 0 saturated heterocycles. The molecule has 0 spiro atoms. The highest BCUT2D eigenvalue weighted by Crippen LogP contribution is 2.25. The number of nitrogens with one attached hydrogen (secondary N) is 4. The summed E-state index contributed by atoms with van der Waals surface area (Å²) in [4.78, 5) is 34.2. The first kappa shape index (κ1) is 22.9. The van der Waals surface area contributed by atoms with Crippen molar-refractivity contribution in [2.24, 2.45) is 5.16 Å². The Labute approximate surface area is 200 Å². The fraction of sp³-hybridized carbons (Fsp3) is 0.261. The normalized spacial score (nSPS) is 16.1. The number of urea groups is 1. The molecule has 33 heavy (non-hydrogen) atoms. The van der Waals surface area contributed by atoms with E-state index in [-0.39, 0.29) is 12.0 Å². The summed E-state index contributed by atoms with van der Waals surface area (Å²) >= 11 is 12.0. The van der Waals surface area contributed by atoms with E-state index in [1.807, 2.05) is 37.4 Å². The lowest BCUT2D eigenvalue weighted by atomic mass is 10.0. The molecule has 1 aliphatic heterocycles. The van der Waals surface area contributed by atoms with Crippen LogP contribution in [0.25, 0.3) is 10.9 Å². The Bertz CT molecular complexity index is 1210. The van der Waals surface area contributed by atoms with Crippen LogP contribution in [0.15, 0.2) is 53.8 Å². The number of carbonyl (C=O) groups excluding carboxylic acids is 2. The highest BCUT2D eigenvalue weighted by Gasteiger charge is 2.25. The average Bonchev–Trinajstić information content (AvgIpc) is 3.40. The van der Waals surface area contributed by atoms with Gasteiger partial charge >= 0.3 is 6.03 Å². The lowest BCUT2D eigenvalue weighted by Crippen LogP contribution is -2.50. The molecule has 2 unspecified atom stereocenters. The quantitative estimate of drug-likeness (QED) is 0.394. The number of aromatic amines is 1. The van der Waals surface area contributed by atoms with Crippen molar-refractivity contribution in [1.82, 2.24) is 15.6 Å². The summed E-state index contributed by atoms with van der Waals surface area (Å²) in [6.07, 6.45) is 2.58. The van der Waals surface area contributed by atoms with Gasteiger partial charge in [0.2, 0.25) is 5.91 Å². The van der Waals surface area contributed by atoms with Gasteiger partial charge in [0.25, 0.3) is 0 Å². The van der Waals surface area contributed by atoms with Gasteiger partial charge in [0.05, 0.1) is 22.3 Å². The molecule has 0 aliphatic carbocycles. The summed E-state index contributed by atoms with van der Waals surface area (Å²) in [5, 5.41) is 13.9. The van der Waals surface area contributed by atoms with Gasteiger partial charge in [-0.15, -0.1) is 0 Å². The van der Waals surface area contributed by atoms with Gasteiger partial charge in [0.15, 0.2) is 0 Å². The molecular weight excluding hydrogens is 465 g/mol. The molecule has 4 N–H and O–H groups in total. The lowest BCUT2D eigenvalue weighted by Gasteiger charge is -2.20. The number of carbonyl (C=O) groups is 2. The maximum atomic E-state index is 13.0. The number of hydrogen-bond acceptors (Lipinski definition) is 4. The van der Waals surface area contributed by atoms with E-state index in [0.29, 0.717) is 35.1 Å². The Balaban J connectivity index is 1.46. The van der Waals surface area contributed by atoms with Gasteiger partial charge < -0.3 is 25.8 Å². The van der Waals surface area contributed by atoms with Crippen molar-refractivity contribution >= 4 is 57.4 Å². The van der Waals surface area contributed by atoms with E-state index in [2.05, 4.69) is 26.1 Å². The van der Waals surface area contributed by atoms with Crippen molar-refractivity contribution in [3.63, 3.8) is 0 Å². The average molecular weight is 488 g/mol. The van der Waals surface area contributed by atoms with Crippen LogP contribution in [-0.4, -0.2) is 41.3 Å². The molecule has 172 valence electrons. The number of fused-ring (bicyclic) bond motifs is 1. The van der Waals surface area contributed by atoms with Crippen molar-refractivity contribution < 1.29 is 14.4 Å². The predicted molar refractivity (Wildman–Crippen MR) is 130 cm³/mol. The van der Waals surface area contributed by atoms with Crippen LogP contribution >= 0.6 is 23.2 Å². The van der Waals surface area contributed by atoms with Crippen LogP contribution in [0, 0.1) is 0 Å². The zero-order chi connectivity index (χ0) is 23.4. The second kappa shape index (κ2) is 10.1. The fourth-order valence-corrected chi connectivity index (χ4v) is 3.94. The van der Waals surface area contributed by atoms with E-state index < -0.39 is 12.1 Å². The van der Waals surface area contributed by atoms with Gasteiger partial charge in [-0.1, -0.05) is 46.6 Å². The van der Waals surface area contributed by atoms with Crippen LogP contribution < -0.4 is 16.0 Å². The zero-order valence-electron chi connectivity index (χ0n) is 17.8. The summed E-state index contributed by atoms with van der Waals surface area (Å²) in [7, 11) is 0. The van der Waals surface area contributed by atoms with Gasteiger partial charge in [-0.2, -0.15) is 0 Å². The first-order valence-corrected chi connectivity index (χ1v) is 11.2. The summed E-state index contributed by atoms with van der Waals surface area (Å²) < 4.78 is 0. The van der Waals surface area contributed by atoms with Gasteiger partial charge in [-0.25, -0.2) is 4.79 Å². The van der Waals surface area contributed by atoms with E-state index in [4.69, 9.17) is 28.0 Å². The molecule has 1 aromatic heterocycles. The van der Waals surface area contributed by atoms with E-state index in [0.717, 1.165) is 22.2 Å². The Morgan fingerprint density at radius 1 is 1.21 bits per heavy atom. The predicted octanol–water partition coefficient (Wildman–Crippen LogP) is 4.49. The molecule has 3 amide bonds. The highest BCUT2D eigenvalue weighted by atomic mass is 35.5. The van der Waals surface area contributed by atoms with E-state index in [1.54, 1.807) is 12.1 Å². The second-order valence-corrected chi connectivity index (χ2v) is 8.66. The van der Waals surface area contributed by atoms with Crippen LogP contribution in [0.5, 0.6) is 0 Å². The molecule has 0 fully saturated rings. The number of oxime groups is 1. The monoisotopic (exact) mass is 487 g/mol. The number of aromatic nitrogens is 1. The SMILES string of the molecule is CC1=NOC(CNC(=O)C(Cc2c[nH]c3ccccc23)NC(=O)Nc2ccc(Cl)c(Cl)c2)C1. The zero-order valence-corrected chi connectivity index (χ0v) is 19.3. The Kier molecular flexibility index (Phi) is 7.05. The van der Waals surface area contributed by atoms with Gasteiger partial charge in [0.1, 0.15) is 12.1 Å².